The van der Waals surface area contributed by atoms with E-state index >= 15 is 0 Å². The fraction of sp³-hybridized carbons (Fsp3) is 0.933. The third-order valence-electron chi connectivity index (χ3n) is 7.21. The predicted octanol–water partition coefficient (Wildman–Crippen LogP) is 1.67. The molecule has 4 fully saturated rings. The molecule has 0 aromatic heterocycles. The quantitative estimate of drug-likeness (QED) is 0.492. The van der Waals surface area contributed by atoms with Gasteiger partial charge in [-0.2, -0.15) is 0 Å². The third kappa shape index (κ3) is 20.3. The molecule has 0 bridgehead atoms. The number of rotatable bonds is 2. The summed E-state index contributed by atoms with van der Waals surface area (Å²) < 4.78 is 26.1. The molecule has 5 rings (SSSR count). The second kappa shape index (κ2) is 23.9. The van der Waals surface area contributed by atoms with E-state index in [0.29, 0.717) is 12.2 Å². The molecular weight excluding hydrogens is 512 g/mol. The Bertz CT molecular complexity index is 593. The van der Waals surface area contributed by atoms with E-state index in [1.807, 2.05) is 7.05 Å². The third-order valence-corrected chi connectivity index (χ3v) is 7.21. The number of aliphatic hydroxyl groups is 1. The van der Waals surface area contributed by atoms with Crippen LogP contribution in [0.1, 0.15) is 33.6 Å². The Morgan fingerprint density at radius 1 is 0.700 bits per heavy atom. The summed E-state index contributed by atoms with van der Waals surface area (Å²) in [5.74, 6) is 0. The number of hydrogen-bond acceptors (Lipinski definition) is 10. The largest absolute Gasteiger partial charge is 0.394 e. The summed E-state index contributed by atoms with van der Waals surface area (Å²) in [7, 11) is 8.41. The van der Waals surface area contributed by atoms with Crippen molar-refractivity contribution in [2.75, 3.05) is 133 Å². The number of morpholine rings is 4. The standard InChI is InChI=1S/C7H15NO.C6H13NO2.C6H13NO.C6H10O.C5H11NO/c1-3-7-6-8(2)4-5-9-7;1-7-2-3-9-6(4-7)5-8;1-6-5-7(2)3-4-8-6;2*1-6-2-4-7-5-3-6/h7H,3-6H2,1-2H3;6,8H,2-5H2,1H3;6H,3-5H2,1-2H3;2H,3-5H2,1H3;2-5H2,1H3/t7-;2*6-;;/m010../s1. The van der Waals surface area contributed by atoms with E-state index in [2.05, 4.69) is 67.6 Å². The van der Waals surface area contributed by atoms with Gasteiger partial charge in [-0.05, 0) is 54.9 Å². The first kappa shape index (κ1) is 37.4. The highest BCUT2D eigenvalue weighted by atomic mass is 16.5. The lowest BCUT2D eigenvalue weighted by Crippen LogP contribution is -2.41. The van der Waals surface area contributed by atoms with Crippen molar-refractivity contribution in [2.24, 2.45) is 0 Å². The monoisotopic (exact) mass is 574 g/mol. The summed E-state index contributed by atoms with van der Waals surface area (Å²) in [5.41, 5.74) is 1.46. The highest BCUT2D eigenvalue weighted by Gasteiger charge is 2.16. The first-order valence-corrected chi connectivity index (χ1v) is 15.2. The molecule has 5 aliphatic heterocycles. The zero-order chi connectivity index (χ0) is 29.6. The molecular formula is C30H62N4O6. The average Bonchev–Trinajstić information content (AvgIpc) is 2.95. The molecule has 5 heterocycles. The Balaban J connectivity index is 0.000000251. The van der Waals surface area contributed by atoms with Crippen molar-refractivity contribution in [3.63, 3.8) is 0 Å². The van der Waals surface area contributed by atoms with Gasteiger partial charge in [-0.15, -0.1) is 0 Å². The minimum Gasteiger partial charge on any atom is -0.394 e. The molecule has 0 aliphatic carbocycles. The first-order valence-electron chi connectivity index (χ1n) is 15.2. The molecule has 0 unspecified atom stereocenters. The van der Waals surface area contributed by atoms with E-state index in [-0.39, 0.29) is 12.7 Å². The summed E-state index contributed by atoms with van der Waals surface area (Å²) in [4.78, 5) is 9.03. The Labute approximate surface area is 245 Å². The van der Waals surface area contributed by atoms with Crippen molar-refractivity contribution < 1.29 is 28.8 Å². The van der Waals surface area contributed by atoms with Crippen molar-refractivity contribution >= 4 is 0 Å². The lowest BCUT2D eigenvalue weighted by molar-refractivity contribution is -0.0453. The van der Waals surface area contributed by atoms with E-state index in [1.165, 1.54) is 5.57 Å². The van der Waals surface area contributed by atoms with Crippen LogP contribution in [-0.4, -0.2) is 176 Å². The Kier molecular flexibility index (Phi) is 22.3. The van der Waals surface area contributed by atoms with Crippen molar-refractivity contribution in [3.05, 3.63) is 11.6 Å². The van der Waals surface area contributed by atoms with Crippen LogP contribution in [0.2, 0.25) is 0 Å². The molecule has 1 N–H and O–H groups in total. The minimum atomic E-state index is 0.0451. The summed E-state index contributed by atoms with van der Waals surface area (Å²) >= 11 is 0. The van der Waals surface area contributed by atoms with Crippen molar-refractivity contribution in [1.82, 2.24) is 19.6 Å². The van der Waals surface area contributed by atoms with Crippen molar-refractivity contribution in [1.29, 1.82) is 0 Å². The van der Waals surface area contributed by atoms with Crippen LogP contribution in [-0.2, 0) is 23.7 Å². The second-order valence-corrected chi connectivity index (χ2v) is 11.3. The van der Waals surface area contributed by atoms with Gasteiger partial charge in [-0.1, -0.05) is 18.6 Å². The van der Waals surface area contributed by atoms with E-state index in [4.69, 9.17) is 28.8 Å². The van der Waals surface area contributed by atoms with Crippen LogP contribution in [0.4, 0.5) is 0 Å². The van der Waals surface area contributed by atoms with Gasteiger partial charge in [0, 0.05) is 52.4 Å². The van der Waals surface area contributed by atoms with Crippen LogP contribution in [0.15, 0.2) is 11.6 Å². The highest BCUT2D eigenvalue weighted by Crippen LogP contribution is 2.05. The zero-order valence-corrected chi connectivity index (χ0v) is 26.8. The molecule has 238 valence electrons. The second-order valence-electron chi connectivity index (χ2n) is 11.3. The number of nitrogens with zero attached hydrogens (tertiary/aromatic N) is 4. The van der Waals surface area contributed by atoms with Crippen LogP contribution in [0, 0.1) is 0 Å². The van der Waals surface area contributed by atoms with Crippen LogP contribution in [0.25, 0.3) is 0 Å². The molecule has 40 heavy (non-hydrogen) atoms. The van der Waals surface area contributed by atoms with Gasteiger partial charge in [0.25, 0.3) is 0 Å². The number of aliphatic hydroxyl groups excluding tert-OH is 1. The molecule has 4 saturated heterocycles. The predicted molar refractivity (Wildman–Crippen MR) is 162 cm³/mol. The molecule has 10 nitrogen and oxygen atoms in total. The minimum absolute atomic E-state index is 0.0451. The van der Waals surface area contributed by atoms with E-state index in [9.17, 15) is 0 Å². The van der Waals surface area contributed by atoms with E-state index < -0.39 is 0 Å². The molecule has 3 atom stereocenters. The molecule has 0 aromatic rings. The van der Waals surface area contributed by atoms with Gasteiger partial charge in [0.15, 0.2) is 0 Å². The fourth-order valence-corrected chi connectivity index (χ4v) is 4.36. The fourth-order valence-electron chi connectivity index (χ4n) is 4.36. The van der Waals surface area contributed by atoms with Gasteiger partial charge in [-0.25, -0.2) is 0 Å². The lowest BCUT2D eigenvalue weighted by Gasteiger charge is -2.29. The Morgan fingerprint density at radius 2 is 1.23 bits per heavy atom. The molecule has 10 heteroatoms. The number of ether oxygens (including phenoxy) is 5. The van der Waals surface area contributed by atoms with E-state index in [0.717, 1.165) is 111 Å². The van der Waals surface area contributed by atoms with Gasteiger partial charge < -0.3 is 48.4 Å². The number of hydrogen-bond donors (Lipinski definition) is 1. The van der Waals surface area contributed by atoms with Gasteiger partial charge in [-0.3, -0.25) is 0 Å². The average molecular weight is 575 g/mol. The smallest absolute Gasteiger partial charge is 0.0932 e. The highest BCUT2D eigenvalue weighted by molar-refractivity contribution is 4.99. The maximum atomic E-state index is 8.66. The molecule has 0 aromatic carbocycles. The zero-order valence-electron chi connectivity index (χ0n) is 26.8. The van der Waals surface area contributed by atoms with Crippen LogP contribution in [0.3, 0.4) is 0 Å². The summed E-state index contributed by atoms with van der Waals surface area (Å²) in [6.07, 6.45) is 5.37. The summed E-state index contributed by atoms with van der Waals surface area (Å²) in [6.45, 7) is 21.1. The van der Waals surface area contributed by atoms with Crippen molar-refractivity contribution in [3.8, 4) is 0 Å². The van der Waals surface area contributed by atoms with Gasteiger partial charge in [0.2, 0.25) is 0 Å². The molecule has 0 saturated carbocycles. The number of likely N-dealkylation sites (N-methyl/N-ethyl adjacent to an activating group) is 4. The van der Waals surface area contributed by atoms with Crippen LogP contribution < -0.4 is 0 Å². The van der Waals surface area contributed by atoms with Crippen molar-refractivity contribution in [2.45, 2.75) is 51.9 Å². The maximum Gasteiger partial charge on any atom is 0.0932 e. The van der Waals surface area contributed by atoms with Gasteiger partial charge in [0.1, 0.15) is 0 Å². The topological polar surface area (TPSA) is 79.3 Å². The lowest BCUT2D eigenvalue weighted by atomic mass is 10.2. The molecule has 5 aliphatic rings. The molecule has 0 amide bonds. The molecule has 0 radical (unpaired) electrons. The van der Waals surface area contributed by atoms with Gasteiger partial charge in [0.05, 0.1) is 71.2 Å². The Morgan fingerprint density at radius 3 is 1.52 bits per heavy atom. The maximum absolute atomic E-state index is 8.66. The van der Waals surface area contributed by atoms with Crippen LogP contribution >= 0.6 is 0 Å². The van der Waals surface area contributed by atoms with Gasteiger partial charge >= 0.3 is 0 Å². The van der Waals surface area contributed by atoms with Crippen LogP contribution in [0.5, 0.6) is 0 Å². The Hall–Kier alpha value is -0.660. The first-order chi connectivity index (χ1) is 19.2. The normalized spacial score (nSPS) is 28.6. The molecule has 0 spiro atoms. The van der Waals surface area contributed by atoms with E-state index in [1.54, 1.807) is 0 Å². The summed E-state index contributed by atoms with van der Waals surface area (Å²) in [5, 5.41) is 8.66. The SMILES string of the molecule is CC1=CCOCC1.CC[C@H]1CN(C)CCO1.CN1CCOCC1.CN1CCO[C@@H](CO)C1.C[C@H]1CN(C)CCO1. The summed E-state index contributed by atoms with van der Waals surface area (Å²) in [6, 6.07) is 0.